The highest BCUT2D eigenvalue weighted by Crippen LogP contribution is 1.87. The van der Waals surface area contributed by atoms with Crippen LogP contribution in [0, 0.1) is 0 Å². The minimum Gasteiger partial charge on any atom is -0.481 e. The van der Waals surface area contributed by atoms with Crippen molar-refractivity contribution in [3.8, 4) is 0 Å². The molecule has 1 atom stereocenters. The maximum absolute atomic E-state index is 11.1. The summed E-state index contributed by atoms with van der Waals surface area (Å²) in [6.45, 7) is 0.479. The maximum Gasteiger partial charge on any atom is 0.303 e. The fourth-order valence-electron chi connectivity index (χ4n) is 0.838. The fourth-order valence-corrected chi connectivity index (χ4v) is 0.838. The minimum absolute atomic E-state index is 0.0415. The number of nitrogens with two attached hydrogens (primary N) is 1. The highest BCUT2D eigenvalue weighted by molar-refractivity contribution is 5.81. The molecule has 0 aliphatic heterocycles. The van der Waals surface area contributed by atoms with Crippen LogP contribution in [0.25, 0.3) is 0 Å². The van der Waals surface area contributed by atoms with Gasteiger partial charge in [0.05, 0.1) is 6.61 Å². The Morgan fingerprint density at radius 2 is 2.21 bits per heavy atom. The lowest BCUT2D eigenvalue weighted by molar-refractivity contribution is -0.137. The molecule has 0 aromatic heterocycles. The molecule has 0 radical (unpaired) electrons. The Bertz CT molecular complexity index is 196. The number of ether oxygens (including phenoxy) is 1. The van der Waals surface area contributed by atoms with Gasteiger partial charge in [-0.15, -0.1) is 0 Å². The molecule has 1 unspecified atom stereocenters. The standard InChI is InChI=1S/C8H16N2O4/c1-14-5-6(9)8(13)10-4-2-3-7(11)12/h6H,2-5,9H2,1H3,(H,10,13)(H,11,12). The van der Waals surface area contributed by atoms with Gasteiger partial charge in [0.1, 0.15) is 6.04 Å². The van der Waals surface area contributed by atoms with E-state index in [9.17, 15) is 9.59 Å². The first-order valence-electron chi connectivity index (χ1n) is 4.32. The molecule has 0 aliphatic carbocycles. The number of hydrogen-bond acceptors (Lipinski definition) is 4. The maximum atomic E-state index is 11.1. The van der Waals surface area contributed by atoms with Gasteiger partial charge in [-0.2, -0.15) is 0 Å². The molecule has 0 heterocycles. The van der Waals surface area contributed by atoms with Crippen LogP contribution in [-0.4, -0.2) is 43.3 Å². The van der Waals surface area contributed by atoms with Gasteiger partial charge in [0, 0.05) is 20.1 Å². The normalized spacial score (nSPS) is 12.1. The lowest BCUT2D eigenvalue weighted by Crippen LogP contribution is -2.43. The molecule has 6 heteroatoms. The number of aliphatic carboxylic acids is 1. The molecular weight excluding hydrogens is 188 g/mol. The molecule has 14 heavy (non-hydrogen) atoms. The lowest BCUT2D eigenvalue weighted by atomic mass is 10.3. The number of carboxylic acid groups (broad SMARTS) is 1. The van der Waals surface area contributed by atoms with Gasteiger partial charge >= 0.3 is 5.97 Å². The van der Waals surface area contributed by atoms with Gasteiger partial charge in [-0.25, -0.2) is 0 Å². The second-order valence-corrected chi connectivity index (χ2v) is 2.85. The second kappa shape index (κ2) is 7.28. The predicted octanol–water partition coefficient (Wildman–Crippen LogP) is -1.06. The third-order valence-corrected chi connectivity index (χ3v) is 1.55. The van der Waals surface area contributed by atoms with Crippen LogP contribution in [0.15, 0.2) is 0 Å². The summed E-state index contributed by atoms with van der Waals surface area (Å²) in [5.41, 5.74) is 5.42. The summed E-state index contributed by atoms with van der Waals surface area (Å²) in [7, 11) is 1.46. The van der Waals surface area contributed by atoms with Crippen molar-refractivity contribution in [3.05, 3.63) is 0 Å². The zero-order valence-electron chi connectivity index (χ0n) is 8.16. The number of carbonyl (C=O) groups excluding carboxylic acids is 1. The van der Waals surface area contributed by atoms with Crippen LogP contribution in [0.1, 0.15) is 12.8 Å². The fraction of sp³-hybridized carbons (Fsp3) is 0.750. The third-order valence-electron chi connectivity index (χ3n) is 1.55. The molecule has 1 amide bonds. The van der Waals surface area contributed by atoms with E-state index in [1.165, 1.54) is 7.11 Å². The van der Waals surface area contributed by atoms with Crippen LogP contribution < -0.4 is 11.1 Å². The van der Waals surface area contributed by atoms with Crippen LogP contribution in [0.3, 0.4) is 0 Å². The number of carboxylic acids is 1. The minimum atomic E-state index is -0.875. The molecule has 0 saturated carbocycles. The smallest absolute Gasteiger partial charge is 0.303 e. The number of nitrogens with one attached hydrogen (secondary N) is 1. The van der Waals surface area contributed by atoms with E-state index in [0.29, 0.717) is 13.0 Å². The lowest BCUT2D eigenvalue weighted by Gasteiger charge is -2.10. The van der Waals surface area contributed by atoms with Gasteiger partial charge in [0.25, 0.3) is 0 Å². The molecule has 0 bridgehead atoms. The summed E-state index contributed by atoms with van der Waals surface area (Å²) < 4.78 is 4.69. The zero-order valence-corrected chi connectivity index (χ0v) is 8.16. The number of carbonyl (C=O) groups is 2. The van der Waals surface area contributed by atoms with Crippen molar-refractivity contribution in [2.75, 3.05) is 20.3 Å². The van der Waals surface area contributed by atoms with Crippen molar-refractivity contribution in [1.29, 1.82) is 0 Å². The molecule has 6 nitrogen and oxygen atoms in total. The van der Waals surface area contributed by atoms with Crippen molar-refractivity contribution < 1.29 is 19.4 Å². The van der Waals surface area contributed by atoms with Gasteiger partial charge in [-0.05, 0) is 6.42 Å². The monoisotopic (exact) mass is 204 g/mol. The van der Waals surface area contributed by atoms with Crippen molar-refractivity contribution in [1.82, 2.24) is 5.32 Å². The molecular formula is C8H16N2O4. The van der Waals surface area contributed by atoms with E-state index in [0.717, 1.165) is 0 Å². The largest absolute Gasteiger partial charge is 0.481 e. The number of hydrogen-bond donors (Lipinski definition) is 3. The zero-order chi connectivity index (χ0) is 11.0. The van der Waals surface area contributed by atoms with E-state index >= 15 is 0 Å². The van der Waals surface area contributed by atoms with Crippen LogP contribution in [0.5, 0.6) is 0 Å². The van der Waals surface area contributed by atoms with E-state index in [-0.39, 0.29) is 18.9 Å². The summed E-state index contributed by atoms with van der Waals surface area (Å²) in [6, 6.07) is -0.690. The Balaban J connectivity index is 3.48. The SMILES string of the molecule is COCC(N)C(=O)NCCCC(=O)O. The summed E-state index contributed by atoms with van der Waals surface area (Å²) in [5.74, 6) is -1.20. The van der Waals surface area contributed by atoms with Crippen LogP contribution in [0.4, 0.5) is 0 Å². The molecule has 0 aromatic rings. The Hall–Kier alpha value is -1.14. The first-order chi connectivity index (χ1) is 6.57. The Morgan fingerprint density at radius 3 is 2.71 bits per heavy atom. The molecule has 0 rings (SSSR count). The Kier molecular flexibility index (Phi) is 6.69. The average Bonchev–Trinajstić information content (AvgIpc) is 2.12. The van der Waals surface area contributed by atoms with E-state index in [4.69, 9.17) is 10.8 Å². The topological polar surface area (TPSA) is 102 Å². The van der Waals surface area contributed by atoms with E-state index in [2.05, 4.69) is 10.1 Å². The van der Waals surface area contributed by atoms with Gasteiger partial charge in [0.15, 0.2) is 0 Å². The van der Waals surface area contributed by atoms with Gasteiger partial charge < -0.3 is 20.9 Å². The summed E-state index contributed by atoms with van der Waals surface area (Å²) in [5, 5.41) is 10.8. The Labute approximate surface area is 82.4 Å². The van der Waals surface area contributed by atoms with Gasteiger partial charge in [-0.1, -0.05) is 0 Å². The average molecular weight is 204 g/mol. The van der Waals surface area contributed by atoms with Gasteiger partial charge in [0.2, 0.25) is 5.91 Å². The summed E-state index contributed by atoms with van der Waals surface area (Å²) in [4.78, 5) is 21.2. The number of amides is 1. The first kappa shape index (κ1) is 12.9. The van der Waals surface area contributed by atoms with Crippen LogP contribution in [0.2, 0.25) is 0 Å². The quantitative estimate of drug-likeness (QED) is 0.459. The van der Waals surface area contributed by atoms with Crippen molar-refractivity contribution >= 4 is 11.9 Å². The van der Waals surface area contributed by atoms with E-state index < -0.39 is 12.0 Å². The van der Waals surface area contributed by atoms with Crippen LogP contribution >= 0.6 is 0 Å². The number of methoxy groups -OCH3 is 1. The number of rotatable bonds is 7. The van der Waals surface area contributed by atoms with Gasteiger partial charge in [-0.3, -0.25) is 9.59 Å². The first-order valence-corrected chi connectivity index (χ1v) is 4.32. The molecule has 0 fully saturated rings. The molecule has 0 aliphatic rings. The van der Waals surface area contributed by atoms with Crippen LogP contribution in [-0.2, 0) is 14.3 Å². The highest BCUT2D eigenvalue weighted by atomic mass is 16.5. The Morgan fingerprint density at radius 1 is 1.57 bits per heavy atom. The molecule has 4 N–H and O–H groups in total. The second-order valence-electron chi connectivity index (χ2n) is 2.85. The van der Waals surface area contributed by atoms with E-state index in [1.807, 2.05) is 0 Å². The van der Waals surface area contributed by atoms with Crippen molar-refractivity contribution in [3.63, 3.8) is 0 Å². The summed E-state index contributed by atoms with van der Waals surface area (Å²) >= 11 is 0. The van der Waals surface area contributed by atoms with Crippen molar-refractivity contribution in [2.45, 2.75) is 18.9 Å². The van der Waals surface area contributed by atoms with E-state index in [1.54, 1.807) is 0 Å². The highest BCUT2D eigenvalue weighted by Gasteiger charge is 2.11. The predicted molar refractivity (Wildman–Crippen MR) is 49.7 cm³/mol. The van der Waals surface area contributed by atoms with Crippen molar-refractivity contribution in [2.24, 2.45) is 5.73 Å². The molecule has 0 aromatic carbocycles. The molecule has 82 valence electrons. The third kappa shape index (κ3) is 6.38. The summed E-state index contributed by atoms with van der Waals surface area (Å²) in [6.07, 6.45) is 0.445. The molecule has 0 saturated heterocycles. The molecule has 0 spiro atoms.